The average Bonchev–Trinajstić information content (AvgIpc) is 2.71. The molecule has 0 radical (unpaired) electrons. The molecule has 0 aromatic carbocycles. The summed E-state index contributed by atoms with van der Waals surface area (Å²) < 4.78 is 4.00. The Kier molecular flexibility index (Phi) is 4.66. The number of aromatic carboxylic acids is 1. The molecule has 0 saturated heterocycles. The number of carbonyl (C=O) groups is 2. The number of carboxylic acid groups (broad SMARTS) is 1. The number of nitrogens with zero attached hydrogens (tertiary/aromatic N) is 3. The van der Waals surface area contributed by atoms with E-state index in [4.69, 9.17) is 5.11 Å². The zero-order chi connectivity index (χ0) is 13.9. The van der Waals surface area contributed by atoms with Gasteiger partial charge < -0.3 is 10.0 Å². The molecule has 100 valence electrons. The van der Waals surface area contributed by atoms with Crippen LogP contribution in [0, 0.1) is 6.92 Å². The molecule has 7 heteroatoms. The highest BCUT2D eigenvalue weighted by molar-refractivity contribution is 7.11. The summed E-state index contributed by atoms with van der Waals surface area (Å²) in [5, 5.41) is 9.51. The van der Waals surface area contributed by atoms with Crippen molar-refractivity contribution in [3.8, 4) is 0 Å². The van der Waals surface area contributed by atoms with Gasteiger partial charge in [-0.2, -0.15) is 4.37 Å². The molecule has 1 aromatic rings. The van der Waals surface area contributed by atoms with Gasteiger partial charge in [0.05, 0.1) is 5.69 Å². The normalized spacial score (nSPS) is 10.2. The van der Waals surface area contributed by atoms with Crippen LogP contribution in [0.15, 0.2) is 0 Å². The number of aromatic nitrogens is 1. The van der Waals surface area contributed by atoms with E-state index in [0.29, 0.717) is 23.8 Å². The third-order valence-corrected chi connectivity index (χ3v) is 3.70. The first-order chi connectivity index (χ1) is 8.43. The predicted molar refractivity (Wildman–Crippen MR) is 70.5 cm³/mol. The molecule has 0 aliphatic rings. The molecular formula is C11H17N3O3S. The molecule has 0 atom stereocenters. The van der Waals surface area contributed by atoms with Gasteiger partial charge in [-0.05, 0) is 32.3 Å². The number of carboxylic acids is 1. The van der Waals surface area contributed by atoms with Crippen molar-refractivity contribution in [1.82, 2.24) is 9.27 Å². The summed E-state index contributed by atoms with van der Waals surface area (Å²) in [5.41, 5.74) is 0.532. The first kappa shape index (κ1) is 14.4. The number of rotatable bonds is 4. The van der Waals surface area contributed by atoms with Crippen LogP contribution >= 0.6 is 11.5 Å². The van der Waals surface area contributed by atoms with E-state index in [-0.39, 0.29) is 11.6 Å². The topological polar surface area (TPSA) is 73.7 Å². The molecular weight excluding hydrogens is 254 g/mol. The van der Waals surface area contributed by atoms with Crippen LogP contribution in [0.2, 0.25) is 0 Å². The highest BCUT2D eigenvalue weighted by Gasteiger charge is 2.25. The van der Waals surface area contributed by atoms with Crippen LogP contribution in [0.3, 0.4) is 0 Å². The Morgan fingerprint density at radius 3 is 2.33 bits per heavy atom. The van der Waals surface area contributed by atoms with Gasteiger partial charge in [-0.1, -0.05) is 0 Å². The maximum Gasteiger partial charge on any atom is 0.340 e. The first-order valence-electron chi connectivity index (χ1n) is 5.66. The monoisotopic (exact) mass is 271 g/mol. The smallest absolute Gasteiger partial charge is 0.340 e. The summed E-state index contributed by atoms with van der Waals surface area (Å²) in [6.45, 7) is 6.55. The van der Waals surface area contributed by atoms with E-state index < -0.39 is 5.97 Å². The van der Waals surface area contributed by atoms with Crippen molar-refractivity contribution < 1.29 is 14.7 Å². The van der Waals surface area contributed by atoms with Crippen LogP contribution < -0.4 is 4.90 Å². The van der Waals surface area contributed by atoms with Crippen molar-refractivity contribution in [1.29, 1.82) is 0 Å². The standard InChI is InChI=1S/C11H17N3O3S/c1-5-14(6-2)11(17)13(4)9-8(10(15)16)7(3)12-18-9/h5-6H2,1-4H3,(H,15,16). The number of aryl methyl sites for hydroxylation is 1. The Hall–Kier alpha value is -1.63. The number of urea groups is 1. The summed E-state index contributed by atoms with van der Waals surface area (Å²) in [5.74, 6) is -1.06. The van der Waals surface area contributed by atoms with Gasteiger partial charge in [-0.25, -0.2) is 9.59 Å². The zero-order valence-electron chi connectivity index (χ0n) is 10.9. The van der Waals surface area contributed by atoms with Gasteiger partial charge in [0.15, 0.2) is 0 Å². The average molecular weight is 271 g/mol. The SMILES string of the molecule is CCN(CC)C(=O)N(C)c1snc(C)c1C(=O)O. The van der Waals surface area contributed by atoms with Crippen molar-refractivity contribution in [3.63, 3.8) is 0 Å². The lowest BCUT2D eigenvalue weighted by atomic mass is 10.2. The molecule has 1 N–H and O–H groups in total. The van der Waals surface area contributed by atoms with Crippen LogP contribution in [0.25, 0.3) is 0 Å². The fourth-order valence-corrected chi connectivity index (χ4v) is 2.47. The molecule has 1 heterocycles. The van der Waals surface area contributed by atoms with E-state index >= 15 is 0 Å². The minimum atomic E-state index is -1.06. The molecule has 1 aromatic heterocycles. The molecule has 0 fully saturated rings. The lowest BCUT2D eigenvalue weighted by molar-refractivity contribution is 0.0697. The van der Waals surface area contributed by atoms with Crippen LogP contribution in [0.5, 0.6) is 0 Å². The Balaban J connectivity index is 3.07. The number of anilines is 1. The van der Waals surface area contributed by atoms with Crippen molar-refractivity contribution in [2.75, 3.05) is 25.0 Å². The molecule has 2 amide bonds. The Bertz CT molecular complexity index is 454. The largest absolute Gasteiger partial charge is 0.478 e. The maximum atomic E-state index is 12.1. The summed E-state index contributed by atoms with van der Waals surface area (Å²) in [4.78, 5) is 26.3. The third kappa shape index (κ3) is 2.61. The lowest BCUT2D eigenvalue weighted by Gasteiger charge is -2.25. The number of amides is 2. The minimum absolute atomic E-state index is 0.100. The van der Waals surface area contributed by atoms with Crippen molar-refractivity contribution in [2.24, 2.45) is 0 Å². The summed E-state index contributed by atoms with van der Waals surface area (Å²) in [6, 6.07) is -0.217. The predicted octanol–water partition coefficient (Wildman–Crippen LogP) is 2.05. The second kappa shape index (κ2) is 5.81. The van der Waals surface area contributed by atoms with Crippen LogP contribution in [0.1, 0.15) is 29.9 Å². The van der Waals surface area contributed by atoms with Gasteiger partial charge in [0.1, 0.15) is 10.6 Å². The second-order valence-electron chi connectivity index (χ2n) is 3.77. The summed E-state index contributed by atoms with van der Waals surface area (Å²) in [6.07, 6.45) is 0. The highest BCUT2D eigenvalue weighted by atomic mass is 32.1. The van der Waals surface area contributed by atoms with Crippen LogP contribution in [-0.2, 0) is 0 Å². The van der Waals surface area contributed by atoms with E-state index in [0.717, 1.165) is 11.5 Å². The van der Waals surface area contributed by atoms with Crippen LogP contribution in [0.4, 0.5) is 9.80 Å². The number of hydrogen-bond donors (Lipinski definition) is 1. The van der Waals surface area contributed by atoms with Crippen molar-refractivity contribution in [2.45, 2.75) is 20.8 Å². The van der Waals surface area contributed by atoms with Gasteiger partial charge in [-0.15, -0.1) is 0 Å². The Morgan fingerprint density at radius 2 is 1.89 bits per heavy atom. The van der Waals surface area contributed by atoms with Gasteiger partial charge in [0, 0.05) is 20.1 Å². The fraction of sp³-hybridized carbons (Fsp3) is 0.545. The quantitative estimate of drug-likeness (QED) is 0.909. The number of carbonyl (C=O) groups excluding carboxylic acids is 1. The van der Waals surface area contributed by atoms with E-state index in [1.165, 1.54) is 4.90 Å². The molecule has 0 saturated carbocycles. The molecule has 0 aliphatic heterocycles. The minimum Gasteiger partial charge on any atom is -0.478 e. The molecule has 0 bridgehead atoms. The Morgan fingerprint density at radius 1 is 1.33 bits per heavy atom. The van der Waals surface area contributed by atoms with Crippen molar-refractivity contribution in [3.05, 3.63) is 11.3 Å². The molecule has 0 unspecified atom stereocenters. The Labute approximate surface area is 110 Å². The fourth-order valence-electron chi connectivity index (χ4n) is 1.63. The van der Waals surface area contributed by atoms with Gasteiger partial charge in [-0.3, -0.25) is 4.90 Å². The summed E-state index contributed by atoms with van der Waals surface area (Å²) in [7, 11) is 1.57. The van der Waals surface area contributed by atoms with Crippen molar-refractivity contribution >= 4 is 28.5 Å². The van der Waals surface area contributed by atoms with E-state index in [9.17, 15) is 9.59 Å². The molecule has 0 spiro atoms. The van der Waals surface area contributed by atoms with Gasteiger partial charge in [0.2, 0.25) is 0 Å². The van der Waals surface area contributed by atoms with E-state index in [1.54, 1.807) is 18.9 Å². The molecule has 18 heavy (non-hydrogen) atoms. The summed E-state index contributed by atoms with van der Waals surface area (Å²) >= 11 is 1.03. The molecule has 0 aliphatic carbocycles. The molecule has 1 rings (SSSR count). The van der Waals surface area contributed by atoms with Crippen LogP contribution in [-0.4, -0.2) is 46.5 Å². The first-order valence-corrected chi connectivity index (χ1v) is 6.43. The van der Waals surface area contributed by atoms with E-state index in [2.05, 4.69) is 4.37 Å². The third-order valence-electron chi connectivity index (χ3n) is 2.68. The second-order valence-corrected chi connectivity index (χ2v) is 4.52. The molecule has 6 nitrogen and oxygen atoms in total. The van der Waals surface area contributed by atoms with Gasteiger partial charge >= 0.3 is 12.0 Å². The van der Waals surface area contributed by atoms with Gasteiger partial charge in [0.25, 0.3) is 0 Å². The van der Waals surface area contributed by atoms with E-state index in [1.807, 2.05) is 13.8 Å². The lowest BCUT2D eigenvalue weighted by Crippen LogP contribution is -2.41. The highest BCUT2D eigenvalue weighted by Crippen LogP contribution is 2.28. The number of hydrogen-bond acceptors (Lipinski definition) is 4. The zero-order valence-corrected chi connectivity index (χ0v) is 11.7. The maximum absolute atomic E-state index is 12.1.